The van der Waals surface area contributed by atoms with Crippen molar-refractivity contribution in [2.45, 2.75) is 32.2 Å². The third-order valence-electron chi connectivity index (χ3n) is 5.35. The maximum Gasteiger partial charge on any atom is 0.325 e. The molecule has 9 nitrogen and oxygen atoms in total. The molecule has 27 heavy (non-hydrogen) atoms. The van der Waals surface area contributed by atoms with E-state index in [2.05, 4.69) is 15.4 Å². The lowest BCUT2D eigenvalue weighted by Gasteiger charge is -2.42. The lowest BCUT2D eigenvalue weighted by molar-refractivity contribution is -0.129. The molecule has 4 heterocycles. The molecule has 0 aromatic carbocycles. The third-order valence-corrected chi connectivity index (χ3v) is 5.35. The van der Waals surface area contributed by atoms with E-state index in [4.69, 9.17) is 0 Å². The van der Waals surface area contributed by atoms with E-state index in [1.54, 1.807) is 28.0 Å². The van der Waals surface area contributed by atoms with Crippen LogP contribution >= 0.6 is 0 Å². The molecule has 0 radical (unpaired) electrons. The number of nitrogens with zero attached hydrogens (tertiary/aromatic N) is 5. The van der Waals surface area contributed by atoms with Crippen LogP contribution in [-0.4, -0.2) is 67.4 Å². The van der Waals surface area contributed by atoms with Gasteiger partial charge < -0.3 is 9.80 Å². The van der Waals surface area contributed by atoms with Crippen molar-refractivity contribution in [3.8, 4) is 0 Å². The zero-order valence-corrected chi connectivity index (χ0v) is 15.4. The van der Waals surface area contributed by atoms with Crippen LogP contribution in [0, 0.1) is 5.92 Å². The Hall–Kier alpha value is -2.97. The monoisotopic (exact) mass is 370 g/mol. The molecule has 4 amide bonds. The molecular formula is C18H22N6O3. The van der Waals surface area contributed by atoms with Crippen molar-refractivity contribution in [1.29, 1.82) is 0 Å². The highest BCUT2D eigenvalue weighted by Crippen LogP contribution is 2.34. The fourth-order valence-corrected chi connectivity index (χ4v) is 3.97. The van der Waals surface area contributed by atoms with Crippen LogP contribution in [0.1, 0.15) is 37.2 Å². The van der Waals surface area contributed by atoms with Crippen LogP contribution in [0.2, 0.25) is 0 Å². The molecule has 0 aliphatic carbocycles. The fourth-order valence-electron chi connectivity index (χ4n) is 3.97. The van der Waals surface area contributed by atoms with E-state index in [0.29, 0.717) is 43.8 Å². The fraction of sp³-hybridized carbons (Fsp3) is 0.500. The van der Waals surface area contributed by atoms with Crippen LogP contribution < -0.4 is 5.32 Å². The van der Waals surface area contributed by atoms with Crippen LogP contribution in [0.3, 0.4) is 0 Å². The van der Waals surface area contributed by atoms with Crippen molar-refractivity contribution < 1.29 is 14.4 Å². The summed E-state index contributed by atoms with van der Waals surface area (Å²) in [7, 11) is 0. The summed E-state index contributed by atoms with van der Waals surface area (Å²) in [6.07, 6.45) is 2.27. The summed E-state index contributed by atoms with van der Waals surface area (Å²) in [4.78, 5) is 45.2. The summed E-state index contributed by atoms with van der Waals surface area (Å²) in [6.45, 7) is 5.35. The van der Waals surface area contributed by atoms with E-state index in [1.165, 1.54) is 10.8 Å². The highest BCUT2D eigenvalue weighted by atomic mass is 16.2. The number of imide groups is 1. The van der Waals surface area contributed by atoms with E-state index in [0.717, 1.165) is 0 Å². The SMILES string of the molecule is CC(C)CN1C(=O)NC(=O)C12CCN(C(=O)c1cccc3ncnn13)CC2. The first-order valence-electron chi connectivity index (χ1n) is 9.13. The Morgan fingerprint density at radius 1 is 1.26 bits per heavy atom. The molecule has 2 aromatic heterocycles. The number of fused-ring (bicyclic) bond motifs is 1. The van der Waals surface area contributed by atoms with E-state index in [9.17, 15) is 14.4 Å². The van der Waals surface area contributed by atoms with Gasteiger partial charge in [0.2, 0.25) is 0 Å². The number of urea groups is 1. The smallest absolute Gasteiger partial charge is 0.325 e. The number of hydrogen-bond acceptors (Lipinski definition) is 5. The van der Waals surface area contributed by atoms with Gasteiger partial charge in [0, 0.05) is 19.6 Å². The predicted octanol–water partition coefficient (Wildman–Crippen LogP) is 0.912. The zero-order chi connectivity index (χ0) is 19.2. The number of nitrogens with one attached hydrogen (secondary N) is 1. The van der Waals surface area contributed by atoms with Gasteiger partial charge in [-0.2, -0.15) is 5.10 Å². The van der Waals surface area contributed by atoms with Crippen LogP contribution in [0.15, 0.2) is 24.5 Å². The number of carbonyl (C=O) groups excluding carboxylic acids is 3. The summed E-state index contributed by atoms with van der Waals surface area (Å²) in [5.74, 6) is -0.150. The number of pyridine rings is 1. The van der Waals surface area contributed by atoms with E-state index in [-0.39, 0.29) is 23.8 Å². The molecule has 2 aliphatic rings. The molecule has 2 aliphatic heterocycles. The molecule has 1 spiro atoms. The Morgan fingerprint density at radius 2 is 2.00 bits per heavy atom. The zero-order valence-electron chi connectivity index (χ0n) is 15.4. The topological polar surface area (TPSA) is 99.9 Å². The summed E-state index contributed by atoms with van der Waals surface area (Å²) in [5.41, 5.74) is 0.197. The number of likely N-dealkylation sites (tertiary alicyclic amines) is 1. The van der Waals surface area contributed by atoms with Gasteiger partial charge in [-0.05, 0) is 30.9 Å². The molecule has 0 atom stereocenters. The van der Waals surface area contributed by atoms with Crippen molar-refractivity contribution in [2.75, 3.05) is 19.6 Å². The van der Waals surface area contributed by atoms with Crippen LogP contribution in [0.4, 0.5) is 4.79 Å². The number of hydrogen-bond donors (Lipinski definition) is 1. The van der Waals surface area contributed by atoms with E-state index < -0.39 is 5.54 Å². The summed E-state index contributed by atoms with van der Waals surface area (Å²) in [5, 5.41) is 6.56. The van der Waals surface area contributed by atoms with E-state index >= 15 is 0 Å². The molecule has 2 saturated heterocycles. The maximum atomic E-state index is 13.0. The standard InChI is InChI=1S/C18H22N6O3/c1-12(2)10-23-17(27)21-16(26)18(23)6-8-22(9-7-18)15(25)13-4-3-5-14-19-11-20-24(13)14/h3-5,11-12H,6-10H2,1-2H3,(H,21,26,27). The summed E-state index contributed by atoms with van der Waals surface area (Å²) in [6, 6.07) is 4.94. The van der Waals surface area contributed by atoms with Gasteiger partial charge in [0.1, 0.15) is 17.6 Å². The Labute approximate surface area is 156 Å². The molecule has 0 saturated carbocycles. The Morgan fingerprint density at radius 3 is 2.70 bits per heavy atom. The second kappa shape index (κ2) is 6.33. The van der Waals surface area contributed by atoms with Crippen molar-refractivity contribution in [3.63, 3.8) is 0 Å². The Balaban J connectivity index is 1.54. The van der Waals surface area contributed by atoms with E-state index in [1.807, 2.05) is 13.8 Å². The molecule has 142 valence electrons. The molecule has 9 heteroatoms. The minimum Gasteiger partial charge on any atom is -0.337 e. The quantitative estimate of drug-likeness (QED) is 0.810. The number of carbonyl (C=O) groups is 3. The normalized spacial score (nSPS) is 19.4. The highest BCUT2D eigenvalue weighted by Gasteiger charge is 2.54. The van der Waals surface area contributed by atoms with Crippen LogP contribution in [0.5, 0.6) is 0 Å². The van der Waals surface area contributed by atoms with Crippen molar-refractivity contribution >= 4 is 23.5 Å². The Kier molecular flexibility index (Phi) is 4.09. The lowest BCUT2D eigenvalue weighted by atomic mass is 9.85. The summed E-state index contributed by atoms with van der Waals surface area (Å²) >= 11 is 0. The van der Waals surface area contributed by atoms with Crippen LogP contribution in [-0.2, 0) is 4.79 Å². The van der Waals surface area contributed by atoms with Gasteiger partial charge in [-0.15, -0.1) is 0 Å². The molecule has 4 rings (SSSR count). The van der Waals surface area contributed by atoms with Gasteiger partial charge in [-0.1, -0.05) is 19.9 Å². The molecule has 0 unspecified atom stereocenters. The minimum absolute atomic E-state index is 0.152. The second-order valence-electron chi connectivity index (χ2n) is 7.53. The number of rotatable bonds is 3. The average Bonchev–Trinajstić information content (AvgIpc) is 3.21. The van der Waals surface area contributed by atoms with Gasteiger partial charge in [0.25, 0.3) is 11.8 Å². The molecule has 2 aromatic rings. The number of piperidine rings is 1. The molecule has 2 fully saturated rings. The third kappa shape index (κ3) is 2.73. The maximum absolute atomic E-state index is 13.0. The lowest BCUT2D eigenvalue weighted by Crippen LogP contribution is -2.58. The molecular weight excluding hydrogens is 348 g/mol. The summed E-state index contributed by atoms with van der Waals surface area (Å²) < 4.78 is 1.52. The molecule has 0 bridgehead atoms. The predicted molar refractivity (Wildman–Crippen MR) is 95.9 cm³/mol. The van der Waals surface area contributed by atoms with Gasteiger partial charge in [0.05, 0.1) is 0 Å². The largest absolute Gasteiger partial charge is 0.337 e. The number of amides is 4. The van der Waals surface area contributed by atoms with Crippen molar-refractivity contribution in [1.82, 2.24) is 29.7 Å². The van der Waals surface area contributed by atoms with Gasteiger partial charge >= 0.3 is 6.03 Å². The average molecular weight is 370 g/mol. The van der Waals surface area contributed by atoms with Crippen LogP contribution in [0.25, 0.3) is 5.65 Å². The minimum atomic E-state index is -0.850. The van der Waals surface area contributed by atoms with Gasteiger partial charge in [-0.3, -0.25) is 14.9 Å². The first-order valence-corrected chi connectivity index (χ1v) is 9.13. The first kappa shape index (κ1) is 17.4. The number of aromatic nitrogens is 3. The van der Waals surface area contributed by atoms with Gasteiger partial charge in [0.15, 0.2) is 5.65 Å². The second-order valence-corrected chi connectivity index (χ2v) is 7.53. The van der Waals surface area contributed by atoms with Crippen molar-refractivity contribution in [2.24, 2.45) is 5.92 Å². The Bertz CT molecular complexity index is 913. The van der Waals surface area contributed by atoms with Gasteiger partial charge in [-0.25, -0.2) is 14.3 Å². The highest BCUT2D eigenvalue weighted by molar-refractivity contribution is 6.07. The first-order chi connectivity index (χ1) is 12.9. The van der Waals surface area contributed by atoms with Crippen molar-refractivity contribution in [3.05, 3.63) is 30.2 Å². The molecule has 1 N–H and O–H groups in total.